The lowest BCUT2D eigenvalue weighted by molar-refractivity contribution is 0.244. The molecule has 0 aliphatic carbocycles. The van der Waals surface area contributed by atoms with Crippen molar-refractivity contribution < 1.29 is 9.13 Å². The molecule has 25 heavy (non-hydrogen) atoms. The van der Waals surface area contributed by atoms with E-state index in [4.69, 9.17) is 4.74 Å². The topological polar surface area (TPSA) is 54.0 Å². The van der Waals surface area contributed by atoms with Crippen molar-refractivity contribution in [3.8, 4) is 16.9 Å². The van der Waals surface area contributed by atoms with Crippen LogP contribution in [-0.4, -0.2) is 33.7 Å². The summed E-state index contributed by atoms with van der Waals surface area (Å²) in [6.07, 6.45) is 6.47. The zero-order valence-corrected chi connectivity index (χ0v) is 14.0. The second-order valence-electron chi connectivity index (χ2n) is 6.26. The van der Waals surface area contributed by atoms with Gasteiger partial charge in [-0.25, -0.2) is 4.39 Å². The Morgan fingerprint density at radius 1 is 1.24 bits per heavy atom. The summed E-state index contributed by atoms with van der Waals surface area (Å²) in [4.78, 5) is 6.71. The Kier molecular flexibility index (Phi) is 4.19. The van der Waals surface area contributed by atoms with Gasteiger partial charge in [0.15, 0.2) is 0 Å². The van der Waals surface area contributed by atoms with Gasteiger partial charge in [-0.2, -0.15) is 5.10 Å². The maximum absolute atomic E-state index is 13.7. The molecule has 0 saturated carbocycles. The maximum Gasteiger partial charge on any atom is 0.126 e. The summed E-state index contributed by atoms with van der Waals surface area (Å²) in [5.41, 5.74) is 5.15. The normalized spacial score (nSPS) is 14.3. The third kappa shape index (κ3) is 3.25. The van der Waals surface area contributed by atoms with Crippen molar-refractivity contribution in [1.29, 1.82) is 0 Å². The van der Waals surface area contributed by atoms with Crippen molar-refractivity contribution in [2.24, 2.45) is 0 Å². The number of halogens is 1. The van der Waals surface area contributed by atoms with Gasteiger partial charge in [-0.1, -0.05) is 0 Å². The standard InChI is InChI=1S/C19H19FN4O/c1-25-19-3-2-16(20)7-17(19)14-6-13(8-21-9-14)11-24-5-4-18-15(12-24)10-22-23-18/h2-3,6-10H,4-5,11-12H2,1H3,(H,22,23). The van der Waals surface area contributed by atoms with Gasteiger partial charge < -0.3 is 4.74 Å². The zero-order valence-electron chi connectivity index (χ0n) is 14.0. The van der Waals surface area contributed by atoms with Gasteiger partial charge in [-0.15, -0.1) is 0 Å². The van der Waals surface area contributed by atoms with Crippen molar-refractivity contribution in [3.63, 3.8) is 0 Å². The van der Waals surface area contributed by atoms with Gasteiger partial charge in [0.05, 0.1) is 13.3 Å². The minimum atomic E-state index is -0.287. The Morgan fingerprint density at radius 3 is 3.04 bits per heavy atom. The summed E-state index contributed by atoms with van der Waals surface area (Å²) in [6, 6.07) is 6.58. The van der Waals surface area contributed by atoms with E-state index in [9.17, 15) is 4.39 Å². The lowest BCUT2D eigenvalue weighted by Crippen LogP contribution is -2.29. The van der Waals surface area contributed by atoms with Gasteiger partial charge in [-0.05, 0) is 29.8 Å². The molecule has 1 N–H and O–H groups in total. The molecule has 1 aliphatic rings. The van der Waals surface area contributed by atoms with E-state index in [2.05, 4.69) is 26.1 Å². The van der Waals surface area contributed by atoms with Gasteiger partial charge >= 0.3 is 0 Å². The molecule has 128 valence electrons. The highest BCUT2D eigenvalue weighted by Crippen LogP contribution is 2.31. The third-order valence-electron chi connectivity index (χ3n) is 4.55. The van der Waals surface area contributed by atoms with Crippen LogP contribution in [0.4, 0.5) is 4.39 Å². The number of pyridine rings is 1. The molecule has 3 aromatic rings. The van der Waals surface area contributed by atoms with Crippen LogP contribution in [-0.2, 0) is 19.5 Å². The summed E-state index contributed by atoms with van der Waals surface area (Å²) in [7, 11) is 1.59. The number of hydrogen-bond donors (Lipinski definition) is 1. The predicted molar refractivity (Wildman–Crippen MR) is 92.6 cm³/mol. The van der Waals surface area contributed by atoms with Gasteiger partial charge in [0.2, 0.25) is 0 Å². The fourth-order valence-electron chi connectivity index (χ4n) is 3.30. The summed E-state index contributed by atoms with van der Waals surface area (Å²) < 4.78 is 19.0. The quantitative estimate of drug-likeness (QED) is 0.794. The van der Waals surface area contributed by atoms with E-state index in [-0.39, 0.29) is 5.82 Å². The number of nitrogens with one attached hydrogen (secondary N) is 1. The average molecular weight is 338 g/mol. The monoisotopic (exact) mass is 338 g/mol. The van der Waals surface area contributed by atoms with Gasteiger partial charge in [-0.3, -0.25) is 15.0 Å². The van der Waals surface area contributed by atoms with E-state index in [1.54, 1.807) is 19.4 Å². The first-order valence-corrected chi connectivity index (χ1v) is 8.24. The molecule has 0 radical (unpaired) electrons. The molecule has 3 heterocycles. The van der Waals surface area contributed by atoms with Crippen LogP contribution in [0.1, 0.15) is 16.8 Å². The molecule has 1 aromatic carbocycles. The summed E-state index contributed by atoms with van der Waals surface area (Å²) in [5.74, 6) is 0.353. The van der Waals surface area contributed by atoms with Crippen LogP contribution in [0.5, 0.6) is 5.75 Å². The molecule has 0 bridgehead atoms. The van der Waals surface area contributed by atoms with Crippen molar-refractivity contribution >= 4 is 0 Å². The third-order valence-corrected chi connectivity index (χ3v) is 4.55. The number of H-pyrrole nitrogens is 1. The molecule has 0 fully saturated rings. The molecule has 2 aromatic heterocycles. The lowest BCUT2D eigenvalue weighted by Gasteiger charge is -2.26. The van der Waals surface area contributed by atoms with E-state index < -0.39 is 0 Å². The van der Waals surface area contributed by atoms with Gasteiger partial charge in [0, 0.05) is 60.8 Å². The number of aromatic amines is 1. The molecule has 0 spiro atoms. The second-order valence-corrected chi connectivity index (χ2v) is 6.26. The fraction of sp³-hybridized carbons (Fsp3) is 0.263. The molecular formula is C19H19FN4O. The number of rotatable bonds is 4. The van der Waals surface area contributed by atoms with Crippen LogP contribution >= 0.6 is 0 Å². The highest BCUT2D eigenvalue weighted by atomic mass is 19.1. The summed E-state index contributed by atoms with van der Waals surface area (Å²) in [6.45, 7) is 2.64. The largest absolute Gasteiger partial charge is 0.496 e. The molecule has 5 nitrogen and oxygen atoms in total. The zero-order chi connectivity index (χ0) is 17.2. The number of benzene rings is 1. The van der Waals surface area contributed by atoms with Crippen molar-refractivity contribution in [2.75, 3.05) is 13.7 Å². The molecular weight excluding hydrogens is 319 g/mol. The minimum absolute atomic E-state index is 0.287. The molecule has 0 saturated heterocycles. The first kappa shape index (κ1) is 15.8. The van der Waals surface area contributed by atoms with E-state index in [0.717, 1.165) is 37.2 Å². The van der Waals surface area contributed by atoms with E-state index in [1.165, 1.54) is 23.4 Å². The van der Waals surface area contributed by atoms with E-state index in [0.29, 0.717) is 11.3 Å². The molecule has 0 unspecified atom stereocenters. The number of methoxy groups -OCH3 is 1. The lowest BCUT2D eigenvalue weighted by atomic mass is 10.0. The van der Waals surface area contributed by atoms with Crippen LogP contribution in [0.15, 0.2) is 42.9 Å². The SMILES string of the molecule is COc1ccc(F)cc1-c1cncc(CN2CCc3[nH]ncc3C2)c1. The fourth-order valence-corrected chi connectivity index (χ4v) is 3.30. The van der Waals surface area contributed by atoms with Gasteiger partial charge in [0.25, 0.3) is 0 Å². The van der Waals surface area contributed by atoms with Gasteiger partial charge in [0.1, 0.15) is 11.6 Å². The number of ether oxygens (including phenoxy) is 1. The highest BCUT2D eigenvalue weighted by Gasteiger charge is 2.18. The Hall–Kier alpha value is -2.73. The maximum atomic E-state index is 13.7. The van der Waals surface area contributed by atoms with Crippen LogP contribution in [0.2, 0.25) is 0 Å². The Bertz CT molecular complexity index is 893. The first-order chi connectivity index (χ1) is 12.2. The second kappa shape index (κ2) is 6.64. The first-order valence-electron chi connectivity index (χ1n) is 8.24. The van der Waals surface area contributed by atoms with Crippen molar-refractivity contribution in [2.45, 2.75) is 19.5 Å². The highest BCUT2D eigenvalue weighted by molar-refractivity contribution is 5.70. The number of aromatic nitrogens is 3. The Labute approximate surface area is 145 Å². The minimum Gasteiger partial charge on any atom is -0.496 e. The summed E-state index contributed by atoms with van der Waals surface area (Å²) in [5, 5.41) is 7.17. The molecule has 0 amide bonds. The molecule has 0 atom stereocenters. The number of hydrogen-bond acceptors (Lipinski definition) is 4. The Balaban J connectivity index is 1.57. The van der Waals surface area contributed by atoms with Crippen molar-refractivity contribution in [1.82, 2.24) is 20.1 Å². The molecule has 1 aliphatic heterocycles. The molecule has 4 rings (SSSR count). The van der Waals surface area contributed by atoms with Crippen LogP contribution in [0.3, 0.4) is 0 Å². The smallest absolute Gasteiger partial charge is 0.126 e. The predicted octanol–water partition coefficient (Wildman–Crippen LogP) is 3.18. The Morgan fingerprint density at radius 2 is 2.16 bits per heavy atom. The van der Waals surface area contributed by atoms with Crippen LogP contribution in [0, 0.1) is 5.82 Å². The number of nitrogens with zero attached hydrogens (tertiary/aromatic N) is 3. The summed E-state index contributed by atoms with van der Waals surface area (Å²) >= 11 is 0. The van der Waals surface area contributed by atoms with Crippen LogP contribution < -0.4 is 4.74 Å². The molecule has 6 heteroatoms. The van der Waals surface area contributed by atoms with E-state index >= 15 is 0 Å². The average Bonchev–Trinajstić information content (AvgIpc) is 3.10. The number of fused-ring (bicyclic) bond motifs is 1. The van der Waals surface area contributed by atoms with E-state index in [1.807, 2.05) is 12.4 Å². The van der Waals surface area contributed by atoms with Crippen molar-refractivity contribution in [3.05, 3.63) is 65.5 Å². The van der Waals surface area contributed by atoms with Crippen LogP contribution in [0.25, 0.3) is 11.1 Å².